The van der Waals surface area contributed by atoms with Crippen LogP contribution in [0.3, 0.4) is 0 Å². The van der Waals surface area contributed by atoms with Crippen LogP contribution in [-0.4, -0.2) is 6.04 Å². The quantitative estimate of drug-likeness (QED) is 0.769. The number of terminal acetylenes is 1. The molecule has 0 heterocycles. The molecule has 0 aliphatic rings. The number of hydrogen-bond acceptors (Lipinski definition) is 1. The van der Waals surface area contributed by atoms with Gasteiger partial charge in [0.2, 0.25) is 0 Å². The molecule has 0 amide bonds. The lowest BCUT2D eigenvalue weighted by Crippen LogP contribution is -2.31. The summed E-state index contributed by atoms with van der Waals surface area (Å²) in [6, 6.07) is 5.32. The van der Waals surface area contributed by atoms with Crippen LogP contribution in [0.2, 0.25) is 0 Å². The monoisotopic (exact) mass is 243 g/mol. The summed E-state index contributed by atoms with van der Waals surface area (Å²) < 4.78 is 0. The third-order valence-corrected chi connectivity index (χ3v) is 3.69. The van der Waals surface area contributed by atoms with Crippen molar-refractivity contribution >= 4 is 0 Å². The fourth-order valence-electron chi connectivity index (χ4n) is 2.36. The largest absolute Gasteiger partial charge is 0.306 e. The second-order valence-corrected chi connectivity index (χ2v) is 5.19. The molecule has 98 valence electrons. The maximum absolute atomic E-state index is 5.40. The lowest BCUT2D eigenvalue weighted by molar-refractivity contribution is 0.448. The summed E-state index contributed by atoms with van der Waals surface area (Å²) in [7, 11) is 0. The van der Waals surface area contributed by atoms with Crippen molar-refractivity contribution in [3.63, 3.8) is 0 Å². The summed E-state index contributed by atoms with van der Waals surface area (Å²) in [5, 5.41) is 3.63. The molecule has 0 aromatic heterocycles. The van der Waals surface area contributed by atoms with Gasteiger partial charge >= 0.3 is 0 Å². The normalized spacial score (nSPS) is 14.0. The fraction of sp³-hybridized carbons (Fsp3) is 0.529. The molecule has 1 aromatic carbocycles. The highest BCUT2D eigenvalue weighted by Crippen LogP contribution is 2.22. The maximum atomic E-state index is 5.40. The molecule has 1 nitrogen and oxygen atoms in total. The average Bonchev–Trinajstić information content (AvgIpc) is 2.33. The maximum Gasteiger partial charge on any atom is 0.0297 e. The number of benzene rings is 1. The second-order valence-electron chi connectivity index (χ2n) is 5.19. The zero-order valence-corrected chi connectivity index (χ0v) is 12.3. The Morgan fingerprint density at radius 2 is 1.78 bits per heavy atom. The van der Waals surface area contributed by atoms with Gasteiger partial charge in [0.25, 0.3) is 0 Å². The average molecular weight is 243 g/mol. The zero-order chi connectivity index (χ0) is 13.7. The van der Waals surface area contributed by atoms with Crippen molar-refractivity contribution in [1.82, 2.24) is 5.32 Å². The molecular weight excluding hydrogens is 218 g/mol. The minimum absolute atomic E-state index is 0.350. The Balaban J connectivity index is 2.87. The minimum atomic E-state index is 0.350. The topological polar surface area (TPSA) is 12.0 Å². The van der Waals surface area contributed by atoms with Crippen LogP contribution < -0.4 is 5.32 Å². The molecule has 0 bridgehead atoms. The van der Waals surface area contributed by atoms with Gasteiger partial charge in [-0.3, -0.25) is 0 Å². The summed E-state index contributed by atoms with van der Waals surface area (Å²) in [5.41, 5.74) is 5.45. The lowest BCUT2D eigenvalue weighted by Gasteiger charge is -2.23. The highest BCUT2D eigenvalue weighted by Gasteiger charge is 2.13. The van der Waals surface area contributed by atoms with Crippen molar-refractivity contribution in [2.24, 2.45) is 0 Å². The van der Waals surface area contributed by atoms with Crippen LogP contribution in [0.5, 0.6) is 0 Å². The molecule has 0 aliphatic carbocycles. The number of aryl methyl sites for hydroxylation is 3. The van der Waals surface area contributed by atoms with Crippen LogP contribution in [0.25, 0.3) is 0 Å². The van der Waals surface area contributed by atoms with Gasteiger partial charge in [-0.25, -0.2) is 0 Å². The molecular formula is C17H25N. The molecule has 2 atom stereocenters. The van der Waals surface area contributed by atoms with Gasteiger partial charge in [-0.2, -0.15) is 0 Å². The van der Waals surface area contributed by atoms with Gasteiger partial charge in [0.05, 0.1) is 0 Å². The number of nitrogens with one attached hydrogen (secondary N) is 1. The summed E-state index contributed by atoms with van der Waals surface area (Å²) in [5.74, 6) is 2.75. The number of hydrogen-bond donors (Lipinski definition) is 1. The van der Waals surface area contributed by atoms with Crippen LogP contribution in [0, 0.1) is 33.1 Å². The van der Waals surface area contributed by atoms with E-state index >= 15 is 0 Å². The van der Waals surface area contributed by atoms with Crippen molar-refractivity contribution in [3.05, 3.63) is 34.4 Å². The van der Waals surface area contributed by atoms with Crippen LogP contribution in [0.15, 0.2) is 12.1 Å². The Morgan fingerprint density at radius 1 is 1.17 bits per heavy atom. The SMILES string of the molecule is C#CCC(CC)NC(C)c1cc(C)c(C)cc1C. The Kier molecular flexibility index (Phi) is 5.44. The Bertz CT molecular complexity index is 440. The first-order valence-electron chi connectivity index (χ1n) is 6.76. The van der Waals surface area contributed by atoms with Crippen LogP contribution >= 0.6 is 0 Å². The third kappa shape index (κ3) is 3.62. The highest BCUT2D eigenvalue weighted by molar-refractivity contribution is 5.38. The van der Waals surface area contributed by atoms with Gasteiger partial charge in [0.1, 0.15) is 0 Å². The molecule has 18 heavy (non-hydrogen) atoms. The van der Waals surface area contributed by atoms with E-state index in [4.69, 9.17) is 6.42 Å². The molecule has 1 heteroatoms. The van der Waals surface area contributed by atoms with E-state index in [1.807, 2.05) is 0 Å². The summed E-state index contributed by atoms with van der Waals surface area (Å²) in [4.78, 5) is 0. The molecule has 0 aliphatic heterocycles. The van der Waals surface area contributed by atoms with Gasteiger partial charge in [0, 0.05) is 18.5 Å². The molecule has 0 radical (unpaired) electrons. The van der Waals surface area contributed by atoms with E-state index in [0.717, 1.165) is 12.8 Å². The fourth-order valence-corrected chi connectivity index (χ4v) is 2.36. The first-order valence-corrected chi connectivity index (χ1v) is 6.76. The van der Waals surface area contributed by atoms with E-state index in [0.29, 0.717) is 12.1 Å². The smallest absolute Gasteiger partial charge is 0.0297 e. The standard InChI is InChI=1S/C17H25N/c1-7-9-16(8-2)18-15(6)17-11-13(4)12(3)10-14(17)5/h1,10-11,15-16,18H,8-9H2,2-6H3. The molecule has 1 rings (SSSR count). The first-order chi connectivity index (χ1) is 8.49. The summed E-state index contributed by atoms with van der Waals surface area (Å²) >= 11 is 0. The molecule has 0 fully saturated rings. The van der Waals surface area contributed by atoms with Crippen molar-refractivity contribution in [2.75, 3.05) is 0 Å². The van der Waals surface area contributed by atoms with Crippen LogP contribution in [-0.2, 0) is 0 Å². The van der Waals surface area contributed by atoms with Gasteiger partial charge < -0.3 is 5.32 Å². The highest BCUT2D eigenvalue weighted by atomic mass is 14.9. The lowest BCUT2D eigenvalue weighted by atomic mass is 9.96. The van der Waals surface area contributed by atoms with Gasteiger partial charge in [-0.15, -0.1) is 12.3 Å². The van der Waals surface area contributed by atoms with Crippen molar-refractivity contribution in [2.45, 2.75) is 59.5 Å². The Hall–Kier alpha value is -1.26. The van der Waals surface area contributed by atoms with E-state index in [1.54, 1.807) is 0 Å². The van der Waals surface area contributed by atoms with E-state index in [-0.39, 0.29) is 0 Å². The predicted octanol–water partition coefficient (Wildman–Crippen LogP) is 4.06. The molecule has 0 saturated heterocycles. The van der Waals surface area contributed by atoms with E-state index in [9.17, 15) is 0 Å². The van der Waals surface area contributed by atoms with Crippen LogP contribution in [0.1, 0.15) is 55.0 Å². The molecule has 1 aromatic rings. The first kappa shape index (κ1) is 14.8. The number of rotatable bonds is 5. The van der Waals surface area contributed by atoms with Gasteiger partial charge in [0.15, 0.2) is 0 Å². The van der Waals surface area contributed by atoms with Crippen molar-refractivity contribution in [3.8, 4) is 12.3 Å². The van der Waals surface area contributed by atoms with Gasteiger partial charge in [-0.1, -0.05) is 19.1 Å². The van der Waals surface area contributed by atoms with Gasteiger partial charge in [-0.05, 0) is 56.4 Å². The Labute approximate surface area is 112 Å². The summed E-state index contributed by atoms with van der Waals surface area (Å²) in [6.45, 7) is 10.9. The predicted molar refractivity (Wildman–Crippen MR) is 79.7 cm³/mol. The Morgan fingerprint density at radius 3 is 2.33 bits per heavy atom. The van der Waals surface area contributed by atoms with E-state index in [1.165, 1.54) is 22.3 Å². The minimum Gasteiger partial charge on any atom is -0.306 e. The van der Waals surface area contributed by atoms with E-state index in [2.05, 4.69) is 58.0 Å². The molecule has 2 unspecified atom stereocenters. The molecule has 0 saturated carbocycles. The van der Waals surface area contributed by atoms with E-state index < -0.39 is 0 Å². The van der Waals surface area contributed by atoms with Crippen LogP contribution in [0.4, 0.5) is 0 Å². The van der Waals surface area contributed by atoms with Crippen molar-refractivity contribution in [1.29, 1.82) is 0 Å². The molecule has 1 N–H and O–H groups in total. The molecule has 0 spiro atoms. The third-order valence-electron chi connectivity index (χ3n) is 3.69. The van der Waals surface area contributed by atoms with Crippen molar-refractivity contribution < 1.29 is 0 Å². The second kappa shape index (κ2) is 6.61. The summed E-state index contributed by atoms with van der Waals surface area (Å²) in [6.07, 6.45) is 7.27. The zero-order valence-electron chi connectivity index (χ0n) is 12.3.